The van der Waals surface area contributed by atoms with E-state index < -0.39 is 0 Å². The molecular formula is C18H29N3. The van der Waals surface area contributed by atoms with E-state index >= 15 is 0 Å². The molecule has 3 rings (SSSR count). The van der Waals surface area contributed by atoms with Crippen molar-refractivity contribution in [1.82, 2.24) is 10.3 Å². The van der Waals surface area contributed by atoms with E-state index in [1.54, 1.807) is 0 Å². The van der Waals surface area contributed by atoms with Crippen LogP contribution in [0.3, 0.4) is 0 Å². The lowest BCUT2D eigenvalue weighted by Gasteiger charge is -2.25. The second-order valence-corrected chi connectivity index (χ2v) is 7.64. The Morgan fingerprint density at radius 3 is 2.81 bits per heavy atom. The molecule has 3 nitrogen and oxygen atoms in total. The summed E-state index contributed by atoms with van der Waals surface area (Å²) in [6.45, 7) is 10.2. The molecule has 2 fully saturated rings. The van der Waals surface area contributed by atoms with Gasteiger partial charge in [-0.3, -0.25) is 0 Å². The summed E-state index contributed by atoms with van der Waals surface area (Å²) in [6, 6.07) is 3.08. The minimum Gasteiger partial charge on any atom is -0.356 e. The van der Waals surface area contributed by atoms with Crippen LogP contribution < -0.4 is 10.2 Å². The van der Waals surface area contributed by atoms with Crippen LogP contribution in [0.2, 0.25) is 0 Å². The maximum absolute atomic E-state index is 4.78. The Morgan fingerprint density at radius 1 is 1.29 bits per heavy atom. The van der Waals surface area contributed by atoms with Gasteiger partial charge in [0, 0.05) is 31.9 Å². The molecule has 0 unspecified atom stereocenters. The van der Waals surface area contributed by atoms with Crippen molar-refractivity contribution in [3.8, 4) is 0 Å². The van der Waals surface area contributed by atoms with Crippen molar-refractivity contribution in [3.63, 3.8) is 0 Å². The summed E-state index contributed by atoms with van der Waals surface area (Å²) in [5.41, 5.74) is 3.12. The van der Waals surface area contributed by atoms with E-state index in [1.807, 2.05) is 0 Å². The minimum atomic E-state index is 0.483. The summed E-state index contributed by atoms with van der Waals surface area (Å²) < 4.78 is 0. The number of pyridine rings is 1. The van der Waals surface area contributed by atoms with Crippen molar-refractivity contribution in [2.45, 2.75) is 65.5 Å². The highest BCUT2D eigenvalue weighted by Crippen LogP contribution is 2.32. The summed E-state index contributed by atoms with van der Waals surface area (Å²) in [4.78, 5) is 7.26. The molecular weight excluding hydrogens is 258 g/mol. The average Bonchev–Trinajstić information content (AvgIpc) is 3.25. The van der Waals surface area contributed by atoms with E-state index in [0.29, 0.717) is 5.41 Å². The molecule has 0 radical (unpaired) electrons. The zero-order chi connectivity index (χ0) is 14.9. The second kappa shape index (κ2) is 5.96. The van der Waals surface area contributed by atoms with Crippen molar-refractivity contribution in [3.05, 3.63) is 23.4 Å². The zero-order valence-electron chi connectivity index (χ0n) is 13.8. The standard InChI is InChI=1S/C18H29N3/c1-14-11-15(12-19-16-5-6-16)13-20-17(14)21-9-4-7-18(2,3)8-10-21/h11,13,16,19H,4-10,12H2,1-3H3. The Labute approximate surface area is 129 Å². The molecule has 2 aliphatic rings. The van der Waals surface area contributed by atoms with Crippen LogP contribution in [0.15, 0.2) is 12.3 Å². The van der Waals surface area contributed by atoms with E-state index in [2.05, 4.69) is 43.3 Å². The molecule has 0 aromatic carbocycles. The third-order valence-electron chi connectivity index (χ3n) is 4.92. The van der Waals surface area contributed by atoms with Crippen LogP contribution in [0.1, 0.15) is 57.1 Å². The van der Waals surface area contributed by atoms with Gasteiger partial charge in [-0.2, -0.15) is 0 Å². The molecule has 1 aromatic rings. The summed E-state index contributed by atoms with van der Waals surface area (Å²) >= 11 is 0. The molecule has 21 heavy (non-hydrogen) atoms. The highest BCUT2D eigenvalue weighted by atomic mass is 15.2. The number of hydrogen-bond acceptors (Lipinski definition) is 3. The molecule has 2 heterocycles. The van der Waals surface area contributed by atoms with Crippen LogP contribution in [0.25, 0.3) is 0 Å². The number of nitrogens with one attached hydrogen (secondary N) is 1. The lowest BCUT2D eigenvalue weighted by Crippen LogP contribution is -2.27. The van der Waals surface area contributed by atoms with E-state index in [-0.39, 0.29) is 0 Å². The largest absolute Gasteiger partial charge is 0.356 e. The van der Waals surface area contributed by atoms with Crippen molar-refractivity contribution in [1.29, 1.82) is 0 Å². The Morgan fingerprint density at radius 2 is 2.10 bits per heavy atom. The van der Waals surface area contributed by atoms with Gasteiger partial charge in [-0.1, -0.05) is 13.8 Å². The Kier molecular flexibility index (Phi) is 4.21. The first kappa shape index (κ1) is 14.8. The lowest BCUT2D eigenvalue weighted by molar-refractivity contribution is 0.325. The van der Waals surface area contributed by atoms with E-state index in [0.717, 1.165) is 25.7 Å². The molecule has 1 saturated carbocycles. The quantitative estimate of drug-likeness (QED) is 0.916. The van der Waals surface area contributed by atoms with Gasteiger partial charge in [-0.25, -0.2) is 4.98 Å². The Bertz CT molecular complexity index is 491. The predicted octanol–water partition coefficient (Wildman–Crippen LogP) is 3.66. The molecule has 0 bridgehead atoms. The van der Waals surface area contributed by atoms with Gasteiger partial charge in [0.1, 0.15) is 5.82 Å². The first-order valence-corrected chi connectivity index (χ1v) is 8.47. The summed E-state index contributed by atoms with van der Waals surface area (Å²) in [5, 5.41) is 3.57. The molecule has 0 amide bonds. The third kappa shape index (κ3) is 3.97. The first-order valence-electron chi connectivity index (χ1n) is 8.47. The third-order valence-corrected chi connectivity index (χ3v) is 4.92. The normalized spacial score (nSPS) is 22.1. The molecule has 0 spiro atoms. The van der Waals surface area contributed by atoms with Gasteiger partial charge in [0.15, 0.2) is 0 Å². The highest BCUT2D eigenvalue weighted by Gasteiger charge is 2.24. The molecule has 116 valence electrons. The molecule has 0 atom stereocenters. The van der Waals surface area contributed by atoms with Gasteiger partial charge in [-0.15, -0.1) is 0 Å². The van der Waals surface area contributed by atoms with Crippen LogP contribution in [0.4, 0.5) is 5.82 Å². The van der Waals surface area contributed by atoms with Gasteiger partial charge < -0.3 is 10.2 Å². The van der Waals surface area contributed by atoms with Crippen LogP contribution in [0.5, 0.6) is 0 Å². The maximum atomic E-state index is 4.78. The lowest BCUT2D eigenvalue weighted by atomic mass is 9.85. The molecule has 1 aliphatic heterocycles. The molecule has 1 saturated heterocycles. The summed E-state index contributed by atoms with van der Waals surface area (Å²) in [7, 11) is 0. The van der Waals surface area contributed by atoms with Crippen LogP contribution in [0, 0.1) is 12.3 Å². The fraction of sp³-hybridized carbons (Fsp3) is 0.722. The van der Waals surface area contributed by atoms with Crippen molar-refractivity contribution < 1.29 is 0 Å². The van der Waals surface area contributed by atoms with Crippen LogP contribution in [-0.2, 0) is 6.54 Å². The SMILES string of the molecule is Cc1cc(CNC2CC2)cnc1N1CCCC(C)(C)CC1. The van der Waals surface area contributed by atoms with E-state index in [4.69, 9.17) is 4.98 Å². The second-order valence-electron chi connectivity index (χ2n) is 7.64. The summed E-state index contributed by atoms with van der Waals surface area (Å²) in [6.07, 6.45) is 8.61. The number of anilines is 1. The maximum Gasteiger partial charge on any atom is 0.131 e. The fourth-order valence-corrected chi connectivity index (χ4v) is 3.24. The van der Waals surface area contributed by atoms with Crippen LogP contribution in [-0.4, -0.2) is 24.1 Å². The minimum absolute atomic E-state index is 0.483. The van der Waals surface area contributed by atoms with Crippen molar-refractivity contribution in [2.24, 2.45) is 5.41 Å². The molecule has 3 heteroatoms. The number of aromatic nitrogens is 1. The predicted molar refractivity (Wildman–Crippen MR) is 88.7 cm³/mol. The number of rotatable bonds is 4. The number of nitrogens with zero attached hydrogens (tertiary/aromatic N) is 2. The Hall–Kier alpha value is -1.09. The van der Waals surface area contributed by atoms with Gasteiger partial charge in [-0.05, 0) is 61.6 Å². The molecule has 1 aromatic heterocycles. The number of hydrogen-bond donors (Lipinski definition) is 1. The fourth-order valence-electron chi connectivity index (χ4n) is 3.24. The van der Waals surface area contributed by atoms with E-state index in [9.17, 15) is 0 Å². The monoisotopic (exact) mass is 287 g/mol. The zero-order valence-corrected chi connectivity index (χ0v) is 13.8. The number of aryl methyl sites for hydroxylation is 1. The van der Waals surface area contributed by atoms with Crippen molar-refractivity contribution >= 4 is 5.82 Å². The van der Waals surface area contributed by atoms with Crippen molar-refractivity contribution in [2.75, 3.05) is 18.0 Å². The van der Waals surface area contributed by atoms with Gasteiger partial charge in [0.25, 0.3) is 0 Å². The molecule has 1 aliphatic carbocycles. The smallest absolute Gasteiger partial charge is 0.131 e. The summed E-state index contributed by atoms with van der Waals surface area (Å²) in [5.74, 6) is 1.20. The van der Waals surface area contributed by atoms with Gasteiger partial charge >= 0.3 is 0 Å². The molecule has 1 N–H and O–H groups in total. The van der Waals surface area contributed by atoms with Crippen LogP contribution >= 0.6 is 0 Å². The van der Waals surface area contributed by atoms with Gasteiger partial charge in [0.05, 0.1) is 0 Å². The van der Waals surface area contributed by atoms with E-state index in [1.165, 1.54) is 49.0 Å². The average molecular weight is 287 g/mol. The first-order chi connectivity index (χ1) is 10.0. The van der Waals surface area contributed by atoms with Gasteiger partial charge in [0.2, 0.25) is 0 Å². The highest BCUT2D eigenvalue weighted by molar-refractivity contribution is 5.47. The Balaban J connectivity index is 1.66. The topological polar surface area (TPSA) is 28.2 Å².